The van der Waals surface area contributed by atoms with Gasteiger partial charge in [0.25, 0.3) is 0 Å². The molecule has 0 saturated heterocycles. The van der Waals surface area contributed by atoms with Crippen molar-refractivity contribution in [2.24, 2.45) is 0 Å². The average Bonchev–Trinajstić information content (AvgIpc) is 2.29. The van der Waals surface area contributed by atoms with Gasteiger partial charge < -0.3 is 0 Å². The molecule has 17 heavy (non-hydrogen) atoms. The molecule has 0 bridgehead atoms. The van der Waals surface area contributed by atoms with Crippen LogP contribution in [0.15, 0.2) is 17.3 Å². The van der Waals surface area contributed by atoms with Gasteiger partial charge in [-0.3, -0.25) is 0 Å². The van der Waals surface area contributed by atoms with Crippen LogP contribution in [0.1, 0.15) is 26.7 Å². The molecule has 0 amide bonds. The Hall–Kier alpha value is -0.720. The highest BCUT2D eigenvalue weighted by Crippen LogP contribution is 2.15. The van der Waals surface area contributed by atoms with Crippen LogP contribution in [-0.4, -0.2) is 35.8 Å². The van der Waals surface area contributed by atoms with Crippen molar-refractivity contribution in [2.75, 3.05) is 13.1 Å². The minimum absolute atomic E-state index is 0.0430. The zero-order valence-corrected chi connectivity index (χ0v) is 11.5. The fourth-order valence-corrected chi connectivity index (χ4v) is 3.05. The van der Waals surface area contributed by atoms with E-state index in [-0.39, 0.29) is 10.2 Å². The Morgan fingerprint density at radius 1 is 1.18 bits per heavy atom. The van der Waals surface area contributed by atoms with Gasteiger partial charge in [0.15, 0.2) is 0 Å². The van der Waals surface area contributed by atoms with Gasteiger partial charge in [0.05, 0.1) is 12.4 Å². The predicted molar refractivity (Wildman–Crippen MR) is 66.4 cm³/mol. The van der Waals surface area contributed by atoms with Gasteiger partial charge in [-0.05, 0) is 24.4 Å². The third-order valence-electron chi connectivity index (χ3n) is 2.18. The van der Waals surface area contributed by atoms with E-state index in [4.69, 9.17) is 11.6 Å². The van der Waals surface area contributed by atoms with Gasteiger partial charge in [0.1, 0.15) is 4.90 Å². The molecule has 1 aromatic rings. The quantitative estimate of drug-likeness (QED) is 0.746. The van der Waals surface area contributed by atoms with E-state index in [1.807, 2.05) is 13.8 Å². The summed E-state index contributed by atoms with van der Waals surface area (Å²) in [6.07, 6.45) is 4.02. The van der Waals surface area contributed by atoms with Crippen molar-refractivity contribution in [2.45, 2.75) is 31.6 Å². The van der Waals surface area contributed by atoms with E-state index in [0.717, 1.165) is 12.8 Å². The van der Waals surface area contributed by atoms with E-state index >= 15 is 0 Å². The monoisotopic (exact) mass is 277 g/mol. The van der Waals surface area contributed by atoms with Gasteiger partial charge in [-0.1, -0.05) is 13.8 Å². The number of hydrogen-bond donors (Lipinski definition) is 0. The van der Waals surface area contributed by atoms with Crippen molar-refractivity contribution >= 4 is 21.6 Å². The minimum atomic E-state index is -3.49. The van der Waals surface area contributed by atoms with Gasteiger partial charge >= 0.3 is 0 Å². The summed E-state index contributed by atoms with van der Waals surface area (Å²) >= 11 is 5.53. The summed E-state index contributed by atoms with van der Waals surface area (Å²) in [6, 6.07) is 0. The SMILES string of the molecule is CCCN(CCC)S(=O)(=O)c1cnc(Cl)nc1. The Labute approximate surface area is 107 Å². The van der Waals surface area contributed by atoms with Crippen LogP contribution in [0.2, 0.25) is 5.28 Å². The number of rotatable bonds is 6. The van der Waals surface area contributed by atoms with Gasteiger partial charge in [-0.25, -0.2) is 18.4 Å². The van der Waals surface area contributed by atoms with E-state index in [1.165, 1.54) is 16.7 Å². The Kier molecular flexibility index (Phi) is 5.30. The van der Waals surface area contributed by atoms with Crippen molar-refractivity contribution in [3.05, 3.63) is 17.7 Å². The molecule has 96 valence electrons. The number of aromatic nitrogens is 2. The van der Waals surface area contributed by atoms with Crippen LogP contribution in [0.3, 0.4) is 0 Å². The first-order valence-corrected chi connectivity index (χ1v) is 7.31. The molecule has 0 N–H and O–H groups in total. The molecule has 0 radical (unpaired) electrons. The average molecular weight is 278 g/mol. The Bertz CT molecular complexity index is 441. The Balaban J connectivity index is 3.02. The summed E-state index contributed by atoms with van der Waals surface area (Å²) in [4.78, 5) is 7.48. The first-order valence-electron chi connectivity index (χ1n) is 5.50. The molecule has 0 fully saturated rings. The van der Waals surface area contributed by atoms with Crippen molar-refractivity contribution in [1.29, 1.82) is 0 Å². The van der Waals surface area contributed by atoms with Crippen LogP contribution >= 0.6 is 11.6 Å². The molecule has 0 aliphatic rings. The lowest BCUT2D eigenvalue weighted by Gasteiger charge is -2.20. The van der Waals surface area contributed by atoms with Crippen LogP contribution in [-0.2, 0) is 10.0 Å². The fraction of sp³-hybridized carbons (Fsp3) is 0.600. The van der Waals surface area contributed by atoms with Crippen LogP contribution in [0.25, 0.3) is 0 Å². The second kappa shape index (κ2) is 6.28. The summed E-state index contributed by atoms with van der Waals surface area (Å²) in [7, 11) is -3.49. The molecule has 0 aliphatic carbocycles. The molecule has 0 unspecified atom stereocenters. The van der Waals surface area contributed by atoms with Crippen molar-refractivity contribution < 1.29 is 8.42 Å². The maximum Gasteiger partial charge on any atom is 0.246 e. The van der Waals surface area contributed by atoms with Crippen LogP contribution in [0.4, 0.5) is 0 Å². The molecule has 0 aliphatic heterocycles. The summed E-state index contributed by atoms with van der Waals surface area (Å²) < 4.78 is 25.9. The standard InChI is InChI=1S/C10H16ClN3O2S/c1-3-5-14(6-4-2)17(15,16)9-7-12-10(11)13-8-9/h7-8H,3-6H2,1-2H3. The minimum Gasteiger partial charge on any atom is -0.225 e. The van der Waals surface area contributed by atoms with Crippen molar-refractivity contribution in [3.8, 4) is 0 Å². The molecular formula is C10H16ClN3O2S. The molecule has 1 heterocycles. The number of halogens is 1. The molecular weight excluding hydrogens is 262 g/mol. The molecule has 0 aromatic carbocycles. The smallest absolute Gasteiger partial charge is 0.225 e. The number of hydrogen-bond acceptors (Lipinski definition) is 4. The fourth-order valence-electron chi connectivity index (χ4n) is 1.43. The normalized spacial score (nSPS) is 12.0. The van der Waals surface area contributed by atoms with Crippen molar-refractivity contribution in [3.63, 3.8) is 0 Å². The highest BCUT2D eigenvalue weighted by molar-refractivity contribution is 7.89. The molecule has 5 nitrogen and oxygen atoms in total. The zero-order chi connectivity index (χ0) is 12.9. The predicted octanol–water partition coefficient (Wildman–Crippen LogP) is 1.94. The van der Waals surface area contributed by atoms with E-state index in [2.05, 4.69) is 9.97 Å². The second-order valence-electron chi connectivity index (χ2n) is 3.59. The van der Waals surface area contributed by atoms with Crippen LogP contribution < -0.4 is 0 Å². The van der Waals surface area contributed by atoms with Gasteiger partial charge in [-0.2, -0.15) is 4.31 Å². The summed E-state index contributed by atoms with van der Waals surface area (Å²) in [5, 5.41) is 0.0430. The maximum atomic E-state index is 12.2. The first-order chi connectivity index (χ1) is 8.02. The third kappa shape index (κ3) is 3.62. The van der Waals surface area contributed by atoms with Gasteiger partial charge in [0.2, 0.25) is 15.3 Å². The van der Waals surface area contributed by atoms with Gasteiger partial charge in [-0.15, -0.1) is 0 Å². The molecule has 7 heteroatoms. The van der Waals surface area contributed by atoms with E-state index in [0.29, 0.717) is 13.1 Å². The highest BCUT2D eigenvalue weighted by atomic mass is 35.5. The zero-order valence-electron chi connectivity index (χ0n) is 9.93. The summed E-state index contributed by atoms with van der Waals surface area (Å²) in [6.45, 7) is 4.88. The lowest BCUT2D eigenvalue weighted by Crippen LogP contribution is -2.32. The van der Waals surface area contributed by atoms with E-state index < -0.39 is 10.0 Å². The lowest BCUT2D eigenvalue weighted by molar-refractivity contribution is 0.409. The van der Waals surface area contributed by atoms with E-state index in [9.17, 15) is 8.42 Å². The van der Waals surface area contributed by atoms with Crippen LogP contribution in [0, 0.1) is 0 Å². The van der Waals surface area contributed by atoms with E-state index in [1.54, 1.807) is 0 Å². The molecule has 1 rings (SSSR count). The second-order valence-corrected chi connectivity index (χ2v) is 5.87. The number of sulfonamides is 1. The lowest BCUT2D eigenvalue weighted by atomic mass is 10.4. The third-order valence-corrected chi connectivity index (χ3v) is 4.23. The molecule has 0 spiro atoms. The van der Waals surface area contributed by atoms with Crippen LogP contribution in [0.5, 0.6) is 0 Å². The largest absolute Gasteiger partial charge is 0.246 e. The van der Waals surface area contributed by atoms with Crippen molar-refractivity contribution in [1.82, 2.24) is 14.3 Å². The molecule has 0 atom stereocenters. The Morgan fingerprint density at radius 3 is 2.06 bits per heavy atom. The maximum absolute atomic E-state index is 12.2. The first kappa shape index (κ1) is 14.3. The number of nitrogens with zero attached hydrogens (tertiary/aromatic N) is 3. The summed E-state index contributed by atoms with van der Waals surface area (Å²) in [5.74, 6) is 0. The Morgan fingerprint density at radius 2 is 1.65 bits per heavy atom. The highest BCUT2D eigenvalue weighted by Gasteiger charge is 2.23. The molecule has 0 saturated carbocycles. The molecule has 1 aromatic heterocycles. The van der Waals surface area contributed by atoms with Gasteiger partial charge in [0, 0.05) is 13.1 Å². The summed E-state index contributed by atoms with van der Waals surface area (Å²) in [5.41, 5.74) is 0. The topological polar surface area (TPSA) is 63.2 Å².